The summed E-state index contributed by atoms with van der Waals surface area (Å²) in [6.45, 7) is 12.0. The van der Waals surface area contributed by atoms with E-state index >= 15 is 0 Å². The van der Waals surface area contributed by atoms with Crippen molar-refractivity contribution in [1.82, 2.24) is 10.2 Å². The second-order valence-electron chi connectivity index (χ2n) is 17.1. The lowest BCUT2D eigenvalue weighted by atomic mass is 9.83. The van der Waals surface area contributed by atoms with Crippen LogP contribution < -0.4 is 10.1 Å². The van der Waals surface area contributed by atoms with Gasteiger partial charge < -0.3 is 19.5 Å². The van der Waals surface area contributed by atoms with E-state index in [4.69, 9.17) is 14.2 Å². The molecule has 0 bridgehead atoms. The maximum absolute atomic E-state index is 14.5. The third kappa shape index (κ3) is 9.96. The Morgan fingerprint density at radius 1 is 0.800 bits per heavy atom. The number of benzene rings is 4. The molecule has 0 saturated heterocycles. The van der Waals surface area contributed by atoms with Gasteiger partial charge in [-0.05, 0) is 96.2 Å². The van der Waals surface area contributed by atoms with Gasteiger partial charge in [-0.2, -0.15) is 0 Å². The summed E-state index contributed by atoms with van der Waals surface area (Å²) in [7, 11) is 1.32. The SMILES string of the molecule is COC(=O)[C@H](Cc1ccc(-c2ccccc2)cc1)NC(=O)C1Cc2ccc(Oc3ccc(C(C)(C)C)cc3)cc2C(CC2CCCC2)N1C(=O)OC(C)(C)C. The van der Waals surface area contributed by atoms with Gasteiger partial charge in [-0.25, -0.2) is 9.59 Å². The number of carbonyl (C=O) groups is 3. The summed E-state index contributed by atoms with van der Waals surface area (Å²) >= 11 is 0. The molecule has 8 heteroatoms. The number of nitrogens with zero attached hydrogens (tertiary/aromatic N) is 1. The van der Waals surface area contributed by atoms with E-state index in [0.717, 1.165) is 59.3 Å². The zero-order valence-electron chi connectivity index (χ0n) is 33.4. The van der Waals surface area contributed by atoms with Gasteiger partial charge in [0.1, 0.15) is 29.2 Å². The van der Waals surface area contributed by atoms with E-state index in [1.807, 2.05) is 106 Å². The topological polar surface area (TPSA) is 94.2 Å². The average molecular weight is 745 g/mol. The van der Waals surface area contributed by atoms with Crippen LogP contribution in [0.25, 0.3) is 11.1 Å². The predicted molar refractivity (Wildman–Crippen MR) is 216 cm³/mol. The molecule has 8 nitrogen and oxygen atoms in total. The predicted octanol–water partition coefficient (Wildman–Crippen LogP) is 10.1. The first-order valence-electron chi connectivity index (χ1n) is 19.6. The first kappa shape index (κ1) is 39.6. The average Bonchev–Trinajstić information content (AvgIpc) is 3.67. The van der Waals surface area contributed by atoms with Crippen molar-refractivity contribution in [3.8, 4) is 22.6 Å². The largest absolute Gasteiger partial charge is 0.467 e. The van der Waals surface area contributed by atoms with Crippen LogP contribution in [0, 0.1) is 5.92 Å². The van der Waals surface area contributed by atoms with Crippen molar-refractivity contribution in [2.75, 3.05) is 7.11 Å². The molecule has 1 saturated carbocycles. The molecule has 0 spiro atoms. The van der Waals surface area contributed by atoms with E-state index in [1.54, 1.807) is 4.90 Å². The van der Waals surface area contributed by atoms with E-state index in [0.29, 0.717) is 18.1 Å². The number of amides is 2. The van der Waals surface area contributed by atoms with Crippen molar-refractivity contribution in [2.24, 2.45) is 5.92 Å². The molecule has 4 aromatic carbocycles. The number of esters is 1. The van der Waals surface area contributed by atoms with Crippen molar-refractivity contribution in [3.63, 3.8) is 0 Å². The Bertz CT molecular complexity index is 1940. The lowest BCUT2D eigenvalue weighted by molar-refractivity contribution is -0.146. The van der Waals surface area contributed by atoms with Crippen LogP contribution in [0.1, 0.15) is 102 Å². The molecule has 4 aromatic rings. The Morgan fingerprint density at radius 3 is 2.05 bits per heavy atom. The lowest BCUT2D eigenvalue weighted by Gasteiger charge is -2.44. The Balaban J connectivity index is 1.31. The summed E-state index contributed by atoms with van der Waals surface area (Å²) in [5.41, 5.74) is 5.38. The van der Waals surface area contributed by atoms with Crippen molar-refractivity contribution in [1.29, 1.82) is 0 Å². The van der Waals surface area contributed by atoms with E-state index < -0.39 is 41.7 Å². The minimum absolute atomic E-state index is 0.0246. The van der Waals surface area contributed by atoms with Gasteiger partial charge in [-0.15, -0.1) is 0 Å². The maximum Gasteiger partial charge on any atom is 0.411 e. The fourth-order valence-corrected chi connectivity index (χ4v) is 7.86. The third-order valence-electron chi connectivity index (χ3n) is 10.8. The van der Waals surface area contributed by atoms with Gasteiger partial charge in [-0.3, -0.25) is 9.69 Å². The van der Waals surface area contributed by atoms with Crippen molar-refractivity contribution >= 4 is 18.0 Å². The van der Waals surface area contributed by atoms with E-state index in [9.17, 15) is 14.4 Å². The van der Waals surface area contributed by atoms with Crippen LogP contribution in [-0.4, -0.2) is 47.7 Å². The van der Waals surface area contributed by atoms with Crippen LogP contribution in [0.2, 0.25) is 0 Å². The Hall–Kier alpha value is -5.11. The van der Waals surface area contributed by atoms with Crippen LogP contribution in [-0.2, 0) is 37.3 Å². The van der Waals surface area contributed by atoms with Crippen LogP contribution >= 0.6 is 0 Å². The summed E-state index contributed by atoms with van der Waals surface area (Å²) in [5, 5.41) is 3.00. The molecule has 0 radical (unpaired) electrons. The Kier molecular flexibility index (Phi) is 12.0. The van der Waals surface area contributed by atoms with Crippen LogP contribution in [0.15, 0.2) is 97.1 Å². The number of hydrogen-bond donors (Lipinski definition) is 1. The van der Waals surface area contributed by atoms with Gasteiger partial charge in [0.2, 0.25) is 5.91 Å². The van der Waals surface area contributed by atoms with Gasteiger partial charge in [0, 0.05) is 12.8 Å². The molecule has 2 unspecified atom stereocenters. The highest BCUT2D eigenvalue weighted by Gasteiger charge is 2.45. The molecule has 2 amide bonds. The lowest BCUT2D eigenvalue weighted by Crippen LogP contribution is -2.58. The zero-order valence-corrected chi connectivity index (χ0v) is 33.4. The molecule has 2 aliphatic rings. The second-order valence-corrected chi connectivity index (χ2v) is 17.1. The molecule has 290 valence electrons. The summed E-state index contributed by atoms with van der Waals surface area (Å²) < 4.78 is 17.6. The molecular weight excluding hydrogens is 689 g/mol. The van der Waals surface area contributed by atoms with Crippen LogP contribution in [0.4, 0.5) is 4.79 Å². The first-order chi connectivity index (χ1) is 26.2. The summed E-state index contributed by atoms with van der Waals surface area (Å²) in [6, 6.07) is 29.8. The zero-order chi connectivity index (χ0) is 39.3. The molecular formula is C47H56N2O6. The van der Waals surface area contributed by atoms with Crippen LogP contribution in [0.5, 0.6) is 11.5 Å². The number of ether oxygens (including phenoxy) is 3. The minimum atomic E-state index is -0.962. The molecule has 55 heavy (non-hydrogen) atoms. The quantitative estimate of drug-likeness (QED) is 0.163. The number of carbonyl (C=O) groups excluding carboxylic acids is 3. The molecule has 1 N–H and O–H groups in total. The van der Waals surface area contributed by atoms with Gasteiger partial charge >= 0.3 is 12.1 Å². The first-order valence-corrected chi connectivity index (χ1v) is 19.6. The van der Waals surface area contributed by atoms with E-state index in [-0.39, 0.29) is 18.3 Å². The summed E-state index contributed by atoms with van der Waals surface area (Å²) in [5.74, 6) is 0.792. The maximum atomic E-state index is 14.5. The van der Waals surface area contributed by atoms with Crippen LogP contribution in [0.3, 0.4) is 0 Å². The molecule has 3 atom stereocenters. The number of hydrogen-bond acceptors (Lipinski definition) is 6. The number of fused-ring (bicyclic) bond motifs is 1. The minimum Gasteiger partial charge on any atom is -0.467 e. The van der Waals surface area contributed by atoms with Crippen molar-refractivity contribution in [3.05, 3.63) is 119 Å². The number of methoxy groups -OCH3 is 1. The molecule has 1 heterocycles. The monoisotopic (exact) mass is 744 g/mol. The van der Waals surface area contributed by atoms with Gasteiger partial charge in [0.05, 0.1) is 13.2 Å². The fraction of sp³-hybridized carbons (Fsp3) is 0.426. The molecule has 1 aliphatic carbocycles. The standard InChI is InChI=1S/C47H56N2O6/c1-46(2,3)36-22-25-37(26-23-36)54-38-24-21-35-29-42(49(45(52)55-47(4,5)6)41(39(35)30-38)28-31-13-11-12-14-31)43(50)48-40(44(51)53-7)27-32-17-19-34(20-18-32)33-15-9-8-10-16-33/h8-10,15-26,30-31,40-42H,11-14,27-29H2,1-7H3,(H,48,50)/t40-,41?,42?/m0/s1. The smallest absolute Gasteiger partial charge is 0.411 e. The summed E-state index contributed by atoms with van der Waals surface area (Å²) in [4.78, 5) is 43.7. The number of rotatable bonds is 10. The molecule has 0 aromatic heterocycles. The number of nitrogens with one attached hydrogen (secondary N) is 1. The normalized spacial score (nSPS) is 17.9. The van der Waals surface area contributed by atoms with E-state index in [1.165, 1.54) is 12.7 Å². The van der Waals surface area contributed by atoms with E-state index in [2.05, 4.69) is 38.2 Å². The molecule has 6 rings (SSSR count). The second kappa shape index (κ2) is 16.7. The third-order valence-corrected chi connectivity index (χ3v) is 10.8. The van der Waals surface area contributed by atoms with Gasteiger partial charge in [0.25, 0.3) is 0 Å². The fourth-order valence-electron chi connectivity index (χ4n) is 7.86. The highest BCUT2D eigenvalue weighted by Crippen LogP contribution is 2.43. The highest BCUT2D eigenvalue weighted by atomic mass is 16.6. The Labute approximate surface area is 326 Å². The molecule has 1 fully saturated rings. The van der Waals surface area contributed by atoms with Crippen molar-refractivity contribution in [2.45, 2.75) is 116 Å². The Morgan fingerprint density at radius 2 is 1.44 bits per heavy atom. The summed E-state index contributed by atoms with van der Waals surface area (Å²) in [6.07, 6.45) is 5.02. The highest BCUT2D eigenvalue weighted by molar-refractivity contribution is 5.90. The van der Waals surface area contributed by atoms with Crippen molar-refractivity contribution < 1.29 is 28.6 Å². The van der Waals surface area contributed by atoms with Gasteiger partial charge in [0.15, 0.2) is 0 Å². The van der Waals surface area contributed by atoms with Gasteiger partial charge in [-0.1, -0.05) is 119 Å². The molecule has 1 aliphatic heterocycles.